The molecule has 0 saturated carbocycles. The lowest BCUT2D eigenvalue weighted by Crippen LogP contribution is -2.46. The van der Waals surface area contributed by atoms with Crippen molar-refractivity contribution in [3.63, 3.8) is 0 Å². The van der Waals surface area contributed by atoms with E-state index in [0.717, 1.165) is 37.1 Å². The Bertz CT molecular complexity index is 570. The molecule has 1 fully saturated rings. The van der Waals surface area contributed by atoms with Gasteiger partial charge in [0.15, 0.2) is 5.13 Å². The molecule has 0 spiro atoms. The van der Waals surface area contributed by atoms with Crippen LogP contribution in [0.4, 0.5) is 5.13 Å². The van der Waals surface area contributed by atoms with Crippen LogP contribution in [-0.4, -0.2) is 56.3 Å². The summed E-state index contributed by atoms with van der Waals surface area (Å²) in [4.78, 5) is 9.31. The van der Waals surface area contributed by atoms with E-state index in [0.29, 0.717) is 0 Å². The summed E-state index contributed by atoms with van der Waals surface area (Å²) in [7, 11) is 4.17. The summed E-state index contributed by atoms with van der Waals surface area (Å²) in [6.45, 7) is 3.57. The SMILES string of the molecule is CN(C)CC1CN(c2nc(-c3ccccc3)cs2)CCO1. The smallest absolute Gasteiger partial charge is 0.186 e. The predicted octanol–water partition coefficient (Wildman–Crippen LogP) is 2.58. The number of anilines is 1. The molecule has 5 heteroatoms. The number of ether oxygens (including phenoxy) is 1. The largest absolute Gasteiger partial charge is 0.373 e. The molecular formula is C16H21N3OS. The van der Waals surface area contributed by atoms with E-state index in [1.807, 2.05) is 6.07 Å². The van der Waals surface area contributed by atoms with Crippen molar-refractivity contribution < 1.29 is 4.74 Å². The van der Waals surface area contributed by atoms with Gasteiger partial charge < -0.3 is 14.5 Å². The van der Waals surface area contributed by atoms with E-state index in [9.17, 15) is 0 Å². The molecule has 0 aliphatic carbocycles. The molecule has 21 heavy (non-hydrogen) atoms. The zero-order chi connectivity index (χ0) is 14.7. The van der Waals surface area contributed by atoms with Crippen LogP contribution in [-0.2, 0) is 4.74 Å². The molecule has 1 aromatic carbocycles. The van der Waals surface area contributed by atoms with Gasteiger partial charge in [0.2, 0.25) is 0 Å². The van der Waals surface area contributed by atoms with Gasteiger partial charge in [-0.25, -0.2) is 4.98 Å². The van der Waals surface area contributed by atoms with Crippen molar-refractivity contribution in [2.45, 2.75) is 6.10 Å². The highest BCUT2D eigenvalue weighted by molar-refractivity contribution is 7.14. The van der Waals surface area contributed by atoms with E-state index in [4.69, 9.17) is 9.72 Å². The maximum absolute atomic E-state index is 5.83. The second-order valence-electron chi connectivity index (χ2n) is 5.58. The van der Waals surface area contributed by atoms with Crippen LogP contribution in [0.25, 0.3) is 11.3 Å². The van der Waals surface area contributed by atoms with Crippen molar-refractivity contribution in [1.29, 1.82) is 0 Å². The van der Waals surface area contributed by atoms with E-state index >= 15 is 0 Å². The predicted molar refractivity (Wildman–Crippen MR) is 88.1 cm³/mol. The lowest BCUT2D eigenvalue weighted by Gasteiger charge is -2.33. The van der Waals surface area contributed by atoms with Gasteiger partial charge in [0.25, 0.3) is 0 Å². The highest BCUT2D eigenvalue weighted by Crippen LogP contribution is 2.28. The summed E-state index contributed by atoms with van der Waals surface area (Å²) in [5, 5.41) is 3.24. The first-order valence-corrected chi connectivity index (χ1v) is 8.12. The molecule has 0 amide bonds. The molecule has 0 bridgehead atoms. The second-order valence-corrected chi connectivity index (χ2v) is 6.42. The van der Waals surface area contributed by atoms with Gasteiger partial charge in [0.1, 0.15) is 0 Å². The molecule has 2 heterocycles. The molecule has 1 atom stereocenters. The summed E-state index contributed by atoms with van der Waals surface area (Å²) in [5.74, 6) is 0. The average Bonchev–Trinajstić information content (AvgIpc) is 2.98. The molecule has 1 saturated heterocycles. The number of thiazole rings is 1. The minimum Gasteiger partial charge on any atom is -0.373 e. The second kappa shape index (κ2) is 6.56. The van der Waals surface area contributed by atoms with E-state index in [1.165, 1.54) is 5.56 Å². The van der Waals surface area contributed by atoms with E-state index in [-0.39, 0.29) is 6.10 Å². The molecule has 3 rings (SSSR count). The normalized spacial score (nSPS) is 19.2. The van der Waals surface area contributed by atoms with Crippen LogP contribution in [0, 0.1) is 0 Å². The molecule has 1 aliphatic heterocycles. The minimum absolute atomic E-state index is 0.262. The zero-order valence-electron chi connectivity index (χ0n) is 12.5. The molecule has 1 unspecified atom stereocenters. The molecule has 1 aromatic heterocycles. The number of hydrogen-bond acceptors (Lipinski definition) is 5. The van der Waals surface area contributed by atoms with Gasteiger partial charge in [-0.1, -0.05) is 30.3 Å². The fourth-order valence-electron chi connectivity index (χ4n) is 2.56. The van der Waals surface area contributed by atoms with Crippen molar-refractivity contribution in [3.8, 4) is 11.3 Å². The summed E-state index contributed by atoms with van der Waals surface area (Å²) < 4.78 is 5.83. The number of benzene rings is 1. The highest BCUT2D eigenvalue weighted by Gasteiger charge is 2.23. The number of likely N-dealkylation sites (N-methyl/N-ethyl adjacent to an activating group) is 1. The number of hydrogen-bond donors (Lipinski definition) is 0. The fourth-order valence-corrected chi connectivity index (χ4v) is 3.43. The van der Waals surface area contributed by atoms with Crippen molar-refractivity contribution in [3.05, 3.63) is 35.7 Å². The van der Waals surface area contributed by atoms with Crippen LogP contribution in [0.2, 0.25) is 0 Å². The lowest BCUT2D eigenvalue weighted by atomic mass is 10.2. The van der Waals surface area contributed by atoms with Crippen LogP contribution in [0.1, 0.15) is 0 Å². The Labute approximate surface area is 130 Å². The third-order valence-corrected chi connectivity index (χ3v) is 4.44. The van der Waals surface area contributed by atoms with Crippen LogP contribution in [0.5, 0.6) is 0 Å². The molecule has 1 aliphatic rings. The van der Waals surface area contributed by atoms with Crippen molar-refractivity contribution in [2.75, 3.05) is 45.2 Å². The Hall–Kier alpha value is -1.43. The van der Waals surface area contributed by atoms with Gasteiger partial charge in [-0.2, -0.15) is 0 Å². The zero-order valence-corrected chi connectivity index (χ0v) is 13.3. The van der Waals surface area contributed by atoms with Gasteiger partial charge in [-0.15, -0.1) is 11.3 Å². The highest BCUT2D eigenvalue weighted by atomic mass is 32.1. The van der Waals surface area contributed by atoms with Crippen molar-refractivity contribution >= 4 is 16.5 Å². The van der Waals surface area contributed by atoms with Crippen LogP contribution in [0.3, 0.4) is 0 Å². The van der Waals surface area contributed by atoms with Crippen molar-refractivity contribution in [1.82, 2.24) is 9.88 Å². The molecule has 2 aromatic rings. The third kappa shape index (κ3) is 3.61. The first-order valence-electron chi connectivity index (χ1n) is 7.24. The maximum Gasteiger partial charge on any atom is 0.186 e. The number of rotatable bonds is 4. The van der Waals surface area contributed by atoms with Crippen LogP contribution >= 0.6 is 11.3 Å². The van der Waals surface area contributed by atoms with Crippen molar-refractivity contribution in [2.24, 2.45) is 0 Å². The fraction of sp³-hybridized carbons (Fsp3) is 0.438. The lowest BCUT2D eigenvalue weighted by molar-refractivity contribution is 0.0248. The average molecular weight is 303 g/mol. The Morgan fingerprint density at radius 3 is 2.90 bits per heavy atom. The molecule has 112 valence electrons. The molecular weight excluding hydrogens is 282 g/mol. The van der Waals surface area contributed by atoms with Crippen LogP contribution < -0.4 is 4.90 Å². The quantitative estimate of drug-likeness (QED) is 0.868. The topological polar surface area (TPSA) is 28.6 Å². The number of nitrogens with zero attached hydrogens (tertiary/aromatic N) is 3. The van der Waals surface area contributed by atoms with Crippen LogP contribution in [0.15, 0.2) is 35.7 Å². The monoisotopic (exact) mass is 303 g/mol. The number of aromatic nitrogens is 1. The van der Waals surface area contributed by atoms with Gasteiger partial charge >= 0.3 is 0 Å². The third-order valence-electron chi connectivity index (χ3n) is 3.54. The van der Waals surface area contributed by atoms with E-state index in [2.05, 4.69) is 53.5 Å². The Morgan fingerprint density at radius 2 is 2.14 bits per heavy atom. The summed E-state index contributed by atoms with van der Waals surface area (Å²) in [6, 6.07) is 10.3. The minimum atomic E-state index is 0.262. The Morgan fingerprint density at radius 1 is 1.33 bits per heavy atom. The van der Waals surface area contributed by atoms with Gasteiger partial charge in [-0.3, -0.25) is 0 Å². The Kier molecular flexibility index (Phi) is 4.53. The first-order chi connectivity index (χ1) is 10.2. The molecule has 0 radical (unpaired) electrons. The Balaban J connectivity index is 1.71. The van der Waals surface area contributed by atoms with E-state index < -0.39 is 0 Å². The van der Waals surface area contributed by atoms with Gasteiger partial charge in [0.05, 0.1) is 18.4 Å². The maximum atomic E-state index is 5.83. The number of morpholine rings is 1. The molecule has 4 nitrogen and oxygen atoms in total. The van der Waals surface area contributed by atoms with E-state index in [1.54, 1.807) is 11.3 Å². The van der Waals surface area contributed by atoms with Gasteiger partial charge in [0, 0.05) is 30.6 Å². The standard InChI is InChI=1S/C16H21N3OS/c1-18(2)10-14-11-19(8-9-20-14)16-17-15(12-21-16)13-6-4-3-5-7-13/h3-7,12,14H,8-11H2,1-2H3. The summed E-state index contributed by atoms with van der Waals surface area (Å²) >= 11 is 1.72. The molecule has 0 N–H and O–H groups in total. The first kappa shape index (κ1) is 14.5. The van der Waals surface area contributed by atoms with Gasteiger partial charge in [-0.05, 0) is 14.1 Å². The summed E-state index contributed by atoms with van der Waals surface area (Å²) in [6.07, 6.45) is 0.262. The summed E-state index contributed by atoms with van der Waals surface area (Å²) in [5.41, 5.74) is 2.24.